The number of amides is 2. The molecule has 0 aliphatic heterocycles. The Morgan fingerprint density at radius 3 is 2.17 bits per heavy atom. The zero-order valence-electron chi connectivity index (χ0n) is 19.3. The number of aromatic carboxylic acids is 1. The Kier molecular flexibility index (Phi) is 5.99. The number of aryl methyl sites for hydroxylation is 1. The molecule has 1 fully saturated rings. The molecule has 35 heavy (non-hydrogen) atoms. The van der Waals surface area contributed by atoms with Crippen LogP contribution in [0.4, 0.5) is 10.5 Å². The number of rotatable bonds is 6. The Bertz CT molecular complexity index is 1270. The average molecular weight is 471 g/mol. The number of carboxylic acids is 1. The predicted molar refractivity (Wildman–Crippen MR) is 131 cm³/mol. The average Bonchev–Trinajstić information content (AvgIpc) is 3.13. The van der Waals surface area contributed by atoms with Crippen molar-refractivity contribution >= 4 is 23.7 Å². The molecule has 178 valence electrons. The van der Waals surface area contributed by atoms with E-state index in [0.717, 1.165) is 11.1 Å². The molecule has 0 radical (unpaired) electrons. The second-order valence-corrected chi connectivity index (χ2v) is 9.16. The van der Waals surface area contributed by atoms with Gasteiger partial charge in [0.25, 0.3) is 0 Å². The minimum Gasteiger partial charge on any atom is -0.478 e. The molecule has 3 aromatic rings. The van der Waals surface area contributed by atoms with Gasteiger partial charge in [0, 0.05) is 23.6 Å². The van der Waals surface area contributed by atoms with Gasteiger partial charge in [-0.05, 0) is 65.8 Å². The molecule has 0 atom stereocenters. The number of ether oxygens (including phenoxy) is 1. The lowest BCUT2D eigenvalue weighted by molar-refractivity contribution is -0.122. The minimum atomic E-state index is -0.999. The SMILES string of the molecule is Cc1cc(NC(=O)C2CC(NC(=O)OCC3c4ccccc4-c4ccccc43)C2)ccc1C(=O)O. The fourth-order valence-electron chi connectivity index (χ4n) is 4.98. The fourth-order valence-corrected chi connectivity index (χ4v) is 4.98. The van der Waals surface area contributed by atoms with Crippen molar-refractivity contribution < 1.29 is 24.2 Å². The van der Waals surface area contributed by atoms with E-state index in [2.05, 4.69) is 34.9 Å². The molecule has 0 aromatic heterocycles. The zero-order valence-corrected chi connectivity index (χ0v) is 19.3. The number of alkyl carbamates (subject to hydrolysis) is 1. The van der Waals surface area contributed by atoms with E-state index in [9.17, 15) is 14.4 Å². The monoisotopic (exact) mass is 470 g/mol. The highest BCUT2D eigenvalue weighted by atomic mass is 16.5. The highest BCUT2D eigenvalue weighted by molar-refractivity contribution is 5.95. The van der Waals surface area contributed by atoms with E-state index < -0.39 is 12.1 Å². The van der Waals surface area contributed by atoms with Crippen molar-refractivity contribution in [3.63, 3.8) is 0 Å². The molecule has 3 aromatic carbocycles. The van der Waals surface area contributed by atoms with Crippen LogP contribution < -0.4 is 10.6 Å². The molecular formula is C28H26N2O5. The molecule has 5 rings (SSSR count). The summed E-state index contributed by atoms with van der Waals surface area (Å²) < 4.78 is 5.58. The smallest absolute Gasteiger partial charge is 0.407 e. The third-order valence-corrected chi connectivity index (χ3v) is 6.90. The van der Waals surface area contributed by atoms with Gasteiger partial charge >= 0.3 is 12.1 Å². The molecular weight excluding hydrogens is 444 g/mol. The highest BCUT2D eigenvalue weighted by Gasteiger charge is 2.36. The van der Waals surface area contributed by atoms with Gasteiger partial charge in [-0.1, -0.05) is 48.5 Å². The Morgan fingerprint density at radius 1 is 0.943 bits per heavy atom. The zero-order chi connectivity index (χ0) is 24.5. The van der Waals surface area contributed by atoms with Crippen LogP contribution in [-0.4, -0.2) is 35.7 Å². The van der Waals surface area contributed by atoms with E-state index in [1.165, 1.54) is 17.2 Å². The summed E-state index contributed by atoms with van der Waals surface area (Å²) >= 11 is 0. The number of anilines is 1. The Hall–Kier alpha value is -4.13. The fraction of sp³-hybridized carbons (Fsp3) is 0.250. The third-order valence-electron chi connectivity index (χ3n) is 6.90. The second kappa shape index (κ2) is 9.25. The topological polar surface area (TPSA) is 105 Å². The van der Waals surface area contributed by atoms with Gasteiger partial charge in [0.2, 0.25) is 5.91 Å². The lowest BCUT2D eigenvalue weighted by atomic mass is 9.79. The van der Waals surface area contributed by atoms with Crippen LogP contribution in [0.25, 0.3) is 11.1 Å². The first kappa shape index (κ1) is 22.7. The van der Waals surface area contributed by atoms with Crippen LogP contribution in [0.2, 0.25) is 0 Å². The van der Waals surface area contributed by atoms with Crippen molar-refractivity contribution in [2.45, 2.75) is 31.7 Å². The normalized spacial score (nSPS) is 18.1. The van der Waals surface area contributed by atoms with E-state index in [4.69, 9.17) is 9.84 Å². The summed E-state index contributed by atoms with van der Waals surface area (Å²) in [5, 5.41) is 14.8. The maximum Gasteiger partial charge on any atom is 0.407 e. The number of benzene rings is 3. The van der Waals surface area contributed by atoms with Gasteiger partial charge in [0.1, 0.15) is 6.61 Å². The molecule has 3 N–H and O–H groups in total. The summed E-state index contributed by atoms with van der Waals surface area (Å²) in [5.74, 6) is -1.35. The summed E-state index contributed by atoms with van der Waals surface area (Å²) in [6, 6.07) is 21.0. The van der Waals surface area contributed by atoms with Gasteiger partial charge in [-0.25, -0.2) is 9.59 Å². The molecule has 2 amide bonds. The standard InChI is InChI=1S/C28H26N2O5/c1-16-12-18(10-11-20(16)27(32)33)29-26(31)17-13-19(14-17)30-28(34)35-15-25-23-8-4-2-6-21(23)22-7-3-5-9-24(22)25/h2-12,17,19,25H,13-15H2,1H3,(H,29,31)(H,30,34)(H,32,33). The molecule has 7 heteroatoms. The molecule has 0 spiro atoms. The lowest BCUT2D eigenvalue weighted by Gasteiger charge is -2.34. The number of carbonyl (C=O) groups is 3. The second-order valence-electron chi connectivity index (χ2n) is 9.16. The highest BCUT2D eigenvalue weighted by Crippen LogP contribution is 2.44. The first-order valence-electron chi connectivity index (χ1n) is 11.7. The van der Waals surface area contributed by atoms with Crippen molar-refractivity contribution in [3.05, 3.63) is 89.0 Å². The van der Waals surface area contributed by atoms with Crippen LogP contribution in [0.15, 0.2) is 66.7 Å². The number of hydrogen-bond acceptors (Lipinski definition) is 4. The summed E-state index contributed by atoms with van der Waals surface area (Å²) in [5.41, 5.74) is 6.03. The van der Waals surface area contributed by atoms with Gasteiger partial charge in [0.15, 0.2) is 0 Å². The van der Waals surface area contributed by atoms with Crippen LogP contribution in [0.5, 0.6) is 0 Å². The first-order chi connectivity index (χ1) is 16.9. The van der Waals surface area contributed by atoms with E-state index in [1.54, 1.807) is 19.1 Å². The number of nitrogens with one attached hydrogen (secondary N) is 2. The quantitative estimate of drug-likeness (QED) is 0.473. The van der Waals surface area contributed by atoms with Crippen molar-refractivity contribution in [1.29, 1.82) is 0 Å². The van der Waals surface area contributed by atoms with Crippen molar-refractivity contribution in [2.75, 3.05) is 11.9 Å². The van der Waals surface area contributed by atoms with Crippen molar-refractivity contribution in [2.24, 2.45) is 5.92 Å². The molecule has 2 aliphatic carbocycles. The van der Waals surface area contributed by atoms with Crippen molar-refractivity contribution in [3.8, 4) is 11.1 Å². The number of carboxylic acid groups (broad SMARTS) is 1. The van der Waals surface area contributed by atoms with Gasteiger partial charge in [-0.15, -0.1) is 0 Å². The van der Waals surface area contributed by atoms with E-state index in [1.807, 2.05) is 24.3 Å². The molecule has 7 nitrogen and oxygen atoms in total. The summed E-state index contributed by atoms with van der Waals surface area (Å²) in [7, 11) is 0. The summed E-state index contributed by atoms with van der Waals surface area (Å²) in [6.07, 6.45) is 0.584. The molecule has 0 saturated heterocycles. The third kappa shape index (κ3) is 4.49. The lowest BCUT2D eigenvalue weighted by Crippen LogP contribution is -2.48. The van der Waals surface area contributed by atoms with Crippen molar-refractivity contribution in [1.82, 2.24) is 5.32 Å². The van der Waals surface area contributed by atoms with E-state index in [-0.39, 0.29) is 36.0 Å². The predicted octanol–water partition coefficient (Wildman–Crippen LogP) is 4.95. The van der Waals surface area contributed by atoms with E-state index in [0.29, 0.717) is 24.1 Å². The molecule has 1 saturated carbocycles. The summed E-state index contributed by atoms with van der Waals surface area (Å²) in [6.45, 7) is 1.94. The maximum atomic E-state index is 12.5. The largest absolute Gasteiger partial charge is 0.478 e. The van der Waals surface area contributed by atoms with Gasteiger partial charge < -0.3 is 20.5 Å². The number of hydrogen-bond donors (Lipinski definition) is 3. The van der Waals surface area contributed by atoms with Crippen LogP contribution in [-0.2, 0) is 9.53 Å². The van der Waals surface area contributed by atoms with Crippen LogP contribution in [0.3, 0.4) is 0 Å². The van der Waals surface area contributed by atoms with E-state index >= 15 is 0 Å². The molecule has 0 unspecified atom stereocenters. The van der Waals surface area contributed by atoms with Crippen LogP contribution in [0.1, 0.15) is 45.8 Å². The van der Waals surface area contributed by atoms with Gasteiger partial charge in [0.05, 0.1) is 5.56 Å². The molecule has 2 aliphatic rings. The van der Waals surface area contributed by atoms with Gasteiger partial charge in [-0.3, -0.25) is 4.79 Å². The molecule has 0 bridgehead atoms. The van der Waals surface area contributed by atoms with Gasteiger partial charge in [-0.2, -0.15) is 0 Å². The Morgan fingerprint density at radius 2 is 1.57 bits per heavy atom. The molecule has 0 heterocycles. The number of carbonyl (C=O) groups excluding carboxylic acids is 2. The van der Waals surface area contributed by atoms with Crippen LogP contribution >= 0.6 is 0 Å². The Balaban J connectivity index is 1.11. The maximum absolute atomic E-state index is 12.5. The minimum absolute atomic E-state index is 0.00374. The number of fused-ring (bicyclic) bond motifs is 3. The summed E-state index contributed by atoms with van der Waals surface area (Å²) in [4.78, 5) is 36.1. The first-order valence-corrected chi connectivity index (χ1v) is 11.7. The van der Waals surface area contributed by atoms with Crippen LogP contribution in [0, 0.1) is 12.8 Å². The Labute approximate surface area is 203 Å².